The number of aliphatic hydroxyl groups excluding tert-OH is 1. The van der Waals surface area contributed by atoms with Gasteiger partial charge in [0.1, 0.15) is 5.60 Å². The Labute approximate surface area is 225 Å². The van der Waals surface area contributed by atoms with Gasteiger partial charge < -0.3 is 14.6 Å². The van der Waals surface area contributed by atoms with E-state index in [4.69, 9.17) is 4.42 Å². The number of aryl methyl sites for hydroxylation is 1. The van der Waals surface area contributed by atoms with Gasteiger partial charge in [0.2, 0.25) is 0 Å². The van der Waals surface area contributed by atoms with E-state index in [1.165, 1.54) is 28.6 Å². The Morgan fingerprint density at radius 1 is 1.32 bits per heavy atom. The number of rotatable bonds is 4. The number of hydrogen-bond donors (Lipinski definition) is 2. The molecule has 8 nitrogen and oxygen atoms in total. The molecule has 4 aliphatic carbocycles. The molecule has 0 saturated heterocycles. The van der Waals surface area contributed by atoms with E-state index in [0.29, 0.717) is 29.3 Å². The smallest absolute Gasteiger partial charge is 0.258 e. The minimum Gasteiger partial charge on any atom is -0.430 e. The molecule has 3 aromatic rings. The second kappa shape index (κ2) is 8.26. The first-order chi connectivity index (χ1) is 18.1. The predicted molar refractivity (Wildman–Crippen MR) is 143 cm³/mol. The molecule has 0 aliphatic heterocycles. The van der Waals surface area contributed by atoms with Gasteiger partial charge in [-0.05, 0) is 85.5 Å². The quantitative estimate of drug-likeness (QED) is 0.479. The van der Waals surface area contributed by atoms with Crippen molar-refractivity contribution in [2.24, 2.45) is 35.6 Å². The van der Waals surface area contributed by atoms with Gasteiger partial charge in [0, 0.05) is 18.7 Å². The van der Waals surface area contributed by atoms with Crippen LogP contribution >= 0.6 is 11.8 Å². The van der Waals surface area contributed by atoms with Gasteiger partial charge >= 0.3 is 0 Å². The van der Waals surface area contributed by atoms with E-state index >= 15 is 0 Å². The van der Waals surface area contributed by atoms with E-state index in [9.17, 15) is 15.0 Å². The lowest BCUT2D eigenvalue weighted by atomic mass is 9.45. The van der Waals surface area contributed by atoms with Crippen LogP contribution in [-0.4, -0.2) is 53.2 Å². The molecule has 0 spiro atoms. The highest BCUT2D eigenvalue weighted by molar-refractivity contribution is 7.99. The van der Waals surface area contributed by atoms with Crippen molar-refractivity contribution in [1.82, 2.24) is 19.7 Å². The minimum atomic E-state index is -1.47. The molecule has 7 rings (SSSR count). The Bertz CT molecular complexity index is 1450. The molecule has 200 valence electrons. The number of carbonyl (C=O) groups is 1. The van der Waals surface area contributed by atoms with Crippen molar-refractivity contribution in [2.45, 2.75) is 69.3 Å². The molecule has 7 atom stereocenters. The summed E-state index contributed by atoms with van der Waals surface area (Å²) in [5.74, 6) is 0.435. The van der Waals surface area contributed by atoms with Gasteiger partial charge in [0.05, 0.1) is 23.7 Å². The number of hydrogen-bond acceptors (Lipinski definition) is 8. The van der Waals surface area contributed by atoms with E-state index in [-0.39, 0.29) is 34.7 Å². The fourth-order valence-corrected chi connectivity index (χ4v) is 9.63. The van der Waals surface area contributed by atoms with Crippen LogP contribution in [-0.2, 0) is 18.3 Å². The molecule has 0 aromatic carbocycles. The maximum absolute atomic E-state index is 13.7. The Balaban J connectivity index is 1.14. The molecule has 0 amide bonds. The van der Waals surface area contributed by atoms with Crippen LogP contribution in [0.1, 0.15) is 57.2 Å². The van der Waals surface area contributed by atoms with E-state index < -0.39 is 17.1 Å². The highest BCUT2D eigenvalue weighted by Crippen LogP contribution is 2.67. The highest BCUT2D eigenvalue weighted by Gasteiger charge is 2.68. The predicted octanol–water partition coefficient (Wildman–Crippen LogP) is 4.20. The molecular formula is C29H34N4O4S. The van der Waals surface area contributed by atoms with Gasteiger partial charge in [0.15, 0.2) is 17.0 Å². The Kier molecular flexibility index (Phi) is 5.33. The lowest BCUT2D eigenvalue weighted by molar-refractivity contribution is -0.177. The van der Waals surface area contributed by atoms with Crippen LogP contribution in [0.15, 0.2) is 39.7 Å². The van der Waals surface area contributed by atoms with Gasteiger partial charge in [-0.2, -0.15) is 10.1 Å². The zero-order valence-electron chi connectivity index (χ0n) is 22.1. The zero-order chi connectivity index (χ0) is 26.4. The number of oxazole rings is 1. The summed E-state index contributed by atoms with van der Waals surface area (Å²) >= 11 is 1.21. The molecule has 3 fully saturated rings. The number of fused-ring (bicyclic) bond motifs is 7. The second-order valence-corrected chi connectivity index (χ2v) is 13.3. The number of thioether (sulfide) groups is 1. The Hall–Kier alpha value is -2.49. The van der Waals surface area contributed by atoms with Crippen LogP contribution in [0.4, 0.5) is 0 Å². The van der Waals surface area contributed by atoms with Crippen molar-refractivity contribution in [3.05, 3.63) is 41.4 Å². The molecule has 38 heavy (non-hydrogen) atoms. The molecule has 2 N–H and O–H groups in total. The van der Waals surface area contributed by atoms with E-state index in [0.717, 1.165) is 25.7 Å². The summed E-state index contributed by atoms with van der Waals surface area (Å²) in [7, 11) is 1.99. The van der Waals surface area contributed by atoms with Crippen molar-refractivity contribution >= 4 is 34.9 Å². The fourth-order valence-electron chi connectivity index (χ4n) is 8.84. The summed E-state index contributed by atoms with van der Waals surface area (Å²) < 4.78 is 7.67. The lowest BCUT2D eigenvalue weighted by Crippen LogP contribution is -2.62. The minimum absolute atomic E-state index is 0.0736. The first-order valence-electron chi connectivity index (χ1n) is 13.6. The summed E-state index contributed by atoms with van der Waals surface area (Å²) in [6.07, 6.45) is 9.85. The number of aliphatic hydroxyl groups is 2. The summed E-state index contributed by atoms with van der Waals surface area (Å²) in [6.45, 7) is 4.36. The average molecular weight is 535 g/mol. The second-order valence-electron chi connectivity index (χ2n) is 12.4. The molecule has 9 heteroatoms. The van der Waals surface area contributed by atoms with Crippen LogP contribution in [0, 0.1) is 28.6 Å². The van der Waals surface area contributed by atoms with E-state index in [1.807, 2.05) is 24.9 Å². The molecule has 0 bridgehead atoms. The number of carbonyl (C=O) groups excluding carboxylic acids is 1. The summed E-state index contributed by atoms with van der Waals surface area (Å²) in [5.41, 5.74) is 2.64. The number of allylic oxidation sites excluding steroid dienone is 1. The number of pyridine rings is 1. The molecule has 0 radical (unpaired) electrons. The van der Waals surface area contributed by atoms with E-state index in [2.05, 4.69) is 28.1 Å². The number of ketones is 1. The zero-order valence-corrected chi connectivity index (χ0v) is 22.9. The molecule has 3 aromatic heterocycles. The van der Waals surface area contributed by atoms with Crippen LogP contribution < -0.4 is 0 Å². The van der Waals surface area contributed by atoms with Crippen molar-refractivity contribution in [3.63, 3.8) is 0 Å². The largest absolute Gasteiger partial charge is 0.430 e. The Morgan fingerprint density at radius 2 is 2.16 bits per heavy atom. The van der Waals surface area contributed by atoms with Gasteiger partial charge in [-0.25, -0.2) is 4.98 Å². The van der Waals surface area contributed by atoms with Gasteiger partial charge in [-0.15, -0.1) is 0 Å². The molecule has 4 aliphatic rings. The standard InChI is InChI=1S/C29H34N4O4S/c1-27-12-16-14-31-33(3)20(16)11-17(27)6-7-18-19-8-9-29(36,28(19,2)13-21(34)24(18)27)23(35)15-38-26-32-25-22(37-26)5-4-10-30-25/h4-5,10-11,14,18-19,21,24,34,36H,6-9,12-13,15H2,1-3H3/t18?,19?,21-,24?,27?,28?,29-/m0/s1. The van der Waals surface area contributed by atoms with Crippen molar-refractivity contribution in [1.29, 1.82) is 0 Å². The maximum atomic E-state index is 13.7. The maximum Gasteiger partial charge on any atom is 0.258 e. The Morgan fingerprint density at radius 3 is 2.97 bits per heavy atom. The van der Waals surface area contributed by atoms with Gasteiger partial charge in [-0.3, -0.25) is 9.48 Å². The fraction of sp³-hybridized carbons (Fsp3) is 0.586. The third kappa shape index (κ3) is 3.24. The molecule has 3 saturated carbocycles. The van der Waals surface area contributed by atoms with Crippen LogP contribution in [0.3, 0.4) is 0 Å². The molecular weight excluding hydrogens is 500 g/mol. The summed E-state index contributed by atoms with van der Waals surface area (Å²) in [4.78, 5) is 22.2. The first-order valence-corrected chi connectivity index (χ1v) is 14.6. The molecule has 5 unspecified atom stereocenters. The monoisotopic (exact) mass is 534 g/mol. The first kappa shape index (κ1) is 24.5. The SMILES string of the molecule is Cn1ncc2c1C=C1CCC3C([C@@H](O)CC4(C)C3CC[C@]4(O)C(=O)CSc3nc4ncccc4o3)C1(C)C2. The molecule has 3 heterocycles. The summed E-state index contributed by atoms with van der Waals surface area (Å²) in [5, 5.41) is 28.6. The number of Topliss-reactive ketones (excluding diaryl/α,β-unsaturated/α-hetero) is 1. The highest BCUT2D eigenvalue weighted by atomic mass is 32.2. The van der Waals surface area contributed by atoms with E-state index in [1.54, 1.807) is 18.3 Å². The topological polar surface area (TPSA) is 114 Å². The third-order valence-electron chi connectivity index (χ3n) is 10.7. The number of aromatic nitrogens is 4. The summed E-state index contributed by atoms with van der Waals surface area (Å²) in [6, 6.07) is 3.58. The van der Waals surface area contributed by atoms with Crippen LogP contribution in [0.25, 0.3) is 17.3 Å². The lowest BCUT2D eigenvalue weighted by Gasteiger charge is -2.60. The van der Waals surface area contributed by atoms with Crippen LogP contribution in [0.2, 0.25) is 0 Å². The number of nitrogens with zero attached hydrogens (tertiary/aromatic N) is 4. The normalized spacial score (nSPS) is 37.8. The van der Waals surface area contributed by atoms with Crippen molar-refractivity contribution < 1.29 is 19.4 Å². The van der Waals surface area contributed by atoms with Crippen molar-refractivity contribution in [2.75, 3.05) is 5.75 Å². The van der Waals surface area contributed by atoms with Crippen LogP contribution in [0.5, 0.6) is 0 Å². The third-order valence-corrected chi connectivity index (χ3v) is 11.5. The van der Waals surface area contributed by atoms with Gasteiger partial charge in [-0.1, -0.05) is 31.2 Å². The van der Waals surface area contributed by atoms with Gasteiger partial charge in [0.25, 0.3) is 5.22 Å². The average Bonchev–Trinajstić information content (AvgIpc) is 3.54. The van der Waals surface area contributed by atoms with Crippen molar-refractivity contribution in [3.8, 4) is 0 Å².